The van der Waals surface area contributed by atoms with Crippen LogP contribution in [-0.4, -0.2) is 32.6 Å². The van der Waals surface area contributed by atoms with Crippen LogP contribution in [0, 0.1) is 10.1 Å². The molecule has 19 heavy (non-hydrogen) atoms. The summed E-state index contributed by atoms with van der Waals surface area (Å²) in [6.45, 7) is 0.185. The fraction of sp³-hybridized carbons (Fsp3) is 0.583. The first-order valence-corrected chi connectivity index (χ1v) is 6.23. The minimum Gasteiger partial charge on any atom is -0.388 e. The van der Waals surface area contributed by atoms with Crippen LogP contribution >= 0.6 is 0 Å². The van der Waals surface area contributed by atoms with Crippen molar-refractivity contribution in [3.05, 3.63) is 28.1 Å². The molecule has 1 aromatic heterocycles. The van der Waals surface area contributed by atoms with Gasteiger partial charge in [0.25, 0.3) is 11.6 Å². The number of nitrogens with one attached hydrogen (secondary N) is 1. The molecule has 0 atom stereocenters. The maximum absolute atomic E-state index is 11.9. The fourth-order valence-corrected chi connectivity index (χ4v) is 2.42. The van der Waals surface area contributed by atoms with Gasteiger partial charge in [0, 0.05) is 19.7 Å². The van der Waals surface area contributed by atoms with Gasteiger partial charge in [-0.05, 0) is 12.8 Å². The molecular weight excluding hydrogens is 250 g/mol. The highest BCUT2D eigenvalue weighted by Crippen LogP contribution is 2.28. The molecule has 0 aliphatic heterocycles. The van der Waals surface area contributed by atoms with E-state index in [1.807, 2.05) is 0 Å². The van der Waals surface area contributed by atoms with Gasteiger partial charge in [-0.2, -0.15) is 0 Å². The molecule has 0 spiro atoms. The zero-order valence-corrected chi connectivity index (χ0v) is 10.8. The van der Waals surface area contributed by atoms with Gasteiger partial charge in [0.05, 0.1) is 16.7 Å². The molecule has 1 heterocycles. The third-order valence-corrected chi connectivity index (χ3v) is 3.55. The monoisotopic (exact) mass is 267 g/mol. The summed E-state index contributed by atoms with van der Waals surface area (Å²) in [4.78, 5) is 22.0. The van der Waals surface area contributed by atoms with E-state index in [4.69, 9.17) is 0 Å². The Balaban J connectivity index is 2.01. The SMILES string of the molecule is Cn1cc([N+](=O)[O-])cc1C(=O)NCC1(O)CCCC1. The van der Waals surface area contributed by atoms with Gasteiger partial charge in [-0.25, -0.2) is 0 Å². The van der Waals surface area contributed by atoms with Crippen LogP contribution in [0.3, 0.4) is 0 Å². The Morgan fingerprint density at radius 2 is 2.21 bits per heavy atom. The zero-order chi connectivity index (χ0) is 14.0. The molecule has 2 rings (SSSR count). The minimum absolute atomic E-state index is 0.118. The first-order chi connectivity index (χ1) is 8.91. The second kappa shape index (κ2) is 5.00. The van der Waals surface area contributed by atoms with Crippen LogP contribution in [0.15, 0.2) is 12.3 Å². The molecule has 2 N–H and O–H groups in total. The smallest absolute Gasteiger partial charge is 0.287 e. The second-order valence-electron chi connectivity index (χ2n) is 5.07. The number of carbonyl (C=O) groups is 1. The maximum atomic E-state index is 11.9. The number of amides is 1. The standard InChI is InChI=1S/C12H17N3O4/c1-14-7-9(15(18)19)6-10(14)11(16)13-8-12(17)4-2-3-5-12/h6-7,17H,2-5,8H2,1H3,(H,13,16). The molecule has 1 amide bonds. The van der Waals surface area contributed by atoms with E-state index in [0.29, 0.717) is 12.8 Å². The summed E-state index contributed by atoms with van der Waals surface area (Å²) in [5.74, 6) is -0.407. The molecule has 1 saturated carbocycles. The van der Waals surface area contributed by atoms with Gasteiger partial charge in [0.2, 0.25) is 0 Å². The van der Waals surface area contributed by atoms with Gasteiger partial charge < -0.3 is 15.0 Å². The summed E-state index contributed by atoms with van der Waals surface area (Å²) in [6.07, 6.45) is 4.57. The van der Waals surface area contributed by atoms with Crippen LogP contribution in [0.4, 0.5) is 5.69 Å². The molecule has 1 aromatic rings. The summed E-state index contributed by atoms with van der Waals surface area (Å²) in [5, 5.41) is 23.4. The van der Waals surface area contributed by atoms with Crippen LogP contribution < -0.4 is 5.32 Å². The Labute approximate surface area is 110 Å². The number of rotatable bonds is 4. The molecular formula is C12H17N3O4. The number of hydrogen-bond acceptors (Lipinski definition) is 4. The molecule has 0 aromatic carbocycles. The minimum atomic E-state index is -0.827. The second-order valence-corrected chi connectivity index (χ2v) is 5.07. The first-order valence-electron chi connectivity index (χ1n) is 6.23. The van der Waals surface area contributed by atoms with Crippen molar-refractivity contribution >= 4 is 11.6 Å². The van der Waals surface area contributed by atoms with Crippen LogP contribution in [0.2, 0.25) is 0 Å². The largest absolute Gasteiger partial charge is 0.388 e. The van der Waals surface area contributed by atoms with E-state index in [2.05, 4.69) is 5.32 Å². The van der Waals surface area contributed by atoms with Crippen molar-refractivity contribution in [1.29, 1.82) is 0 Å². The van der Waals surface area contributed by atoms with E-state index < -0.39 is 16.4 Å². The lowest BCUT2D eigenvalue weighted by atomic mass is 10.0. The highest BCUT2D eigenvalue weighted by atomic mass is 16.6. The van der Waals surface area contributed by atoms with Crippen LogP contribution in [0.25, 0.3) is 0 Å². The number of hydrogen-bond donors (Lipinski definition) is 2. The number of aliphatic hydroxyl groups is 1. The molecule has 7 heteroatoms. The lowest BCUT2D eigenvalue weighted by Gasteiger charge is -2.22. The summed E-state index contributed by atoms with van der Waals surface area (Å²) in [7, 11) is 1.58. The van der Waals surface area contributed by atoms with Crippen molar-refractivity contribution in [2.24, 2.45) is 7.05 Å². The maximum Gasteiger partial charge on any atom is 0.287 e. The molecule has 0 saturated heterocycles. The van der Waals surface area contributed by atoms with Gasteiger partial charge in [-0.1, -0.05) is 12.8 Å². The number of nitrogens with zero attached hydrogens (tertiary/aromatic N) is 2. The van der Waals surface area contributed by atoms with Crippen molar-refractivity contribution in [1.82, 2.24) is 9.88 Å². The summed E-state index contributed by atoms with van der Waals surface area (Å²) < 4.78 is 1.41. The highest BCUT2D eigenvalue weighted by molar-refractivity contribution is 5.93. The molecule has 0 radical (unpaired) electrons. The molecule has 7 nitrogen and oxygen atoms in total. The third kappa shape index (κ3) is 2.93. The Bertz CT molecular complexity index is 503. The van der Waals surface area contributed by atoms with E-state index in [-0.39, 0.29) is 17.9 Å². The molecule has 1 aliphatic rings. The first kappa shape index (κ1) is 13.5. The third-order valence-electron chi connectivity index (χ3n) is 3.55. The fourth-order valence-electron chi connectivity index (χ4n) is 2.42. The van der Waals surface area contributed by atoms with Crippen molar-refractivity contribution in [2.45, 2.75) is 31.3 Å². The van der Waals surface area contributed by atoms with Gasteiger partial charge >= 0.3 is 0 Å². The molecule has 0 unspecified atom stereocenters. The lowest BCUT2D eigenvalue weighted by molar-refractivity contribution is -0.384. The highest BCUT2D eigenvalue weighted by Gasteiger charge is 2.31. The van der Waals surface area contributed by atoms with Crippen molar-refractivity contribution in [2.75, 3.05) is 6.54 Å². The number of aromatic nitrogens is 1. The van der Waals surface area contributed by atoms with Gasteiger partial charge in [0.1, 0.15) is 5.69 Å². The zero-order valence-electron chi connectivity index (χ0n) is 10.8. The van der Waals surface area contributed by atoms with Crippen LogP contribution in [-0.2, 0) is 7.05 Å². The van der Waals surface area contributed by atoms with E-state index in [0.717, 1.165) is 12.8 Å². The quantitative estimate of drug-likeness (QED) is 0.627. The van der Waals surface area contributed by atoms with E-state index >= 15 is 0 Å². The van der Waals surface area contributed by atoms with Gasteiger partial charge in [0.15, 0.2) is 0 Å². The Hall–Kier alpha value is -1.89. The number of carbonyl (C=O) groups excluding carboxylic acids is 1. The van der Waals surface area contributed by atoms with E-state index in [1.165, 1.54) is 16.8 Å². The average molecular weight is 267 g/mol. The molecule has 1 aliphatic carbocycles. The summed E-state index contributed by atoms with van der Waals surface area (Å²) in [5.41, 5.74) is -0.729. The van der Waals surface area contributed by atoms with Gasteiger partial charge in [-0.3, -0.25) is 14.9 Å². The Kier molecular flexibility index (Phi) is 3.57. The summed E-state index contributed by atoms with van der Waals surface area (Å²) >= 11 is 0. The van der Waals surface area contributed by atoms with Crippen molar-refractivity contribution in [3.63, 3.8) is 0 Å². The van der Waals surface area contributed by atoms with E-state index in [1.54, 1.807) is 7.05 Å². The molecule has 0 bridgehead atoms. The van der Waals surface area contributed by atoms with E-state index in [9.17, 15) is 20.0 Å². The van der Waals surface area contributed by atoms with Crippen molar-refractivity contribution < 1.29 is 14.8 Å². The predicted molar refractivity (Wildman–Crippen MR) is 67.8 cm³/mol. The molecule has 104 valence electrons. The van der Waals surface area contributed by atoms with Crippen molar-refractivity contribution in [3.8, 4) is 0 Å². The Morgan fingerprint density at radius 1 is 1.58 bits per heavy atom. The van der Waals surface area contributed by atoms with Gasteiger partial charge in [-0.15, -0.1) is 0 Å². The normalized spacial score (nSPS) is 17.4. The number of nitro groups is 1. The van der Waals surface area contributed by atoms with Crippen LogP contribution in [0.5, 0.6) is 0 Å². The lowest BCUT2D eigenvalue weighted by Crippen LogP contribution is -2.41. The Morgan fingerprint density at radius 3 is 2.74 bits per heavy atom. The van der Waals surface area contributed by atoms with Crippen LogP contribution in [0.1, 0.15) is 36.2 Å². The molecule has 1 fully saturated rings. The summed E-state index contributed by atoms with van der Waals surface area (Å²) in [6, 6.07) is 1.23. The number of aryl methyl sites for hydroxylation is 1. The topological polar surface area (TPSA) is 97.4 Å². The predicted octanol–water partition coefficient (Wildman–Crippen LogP) is 0.968. The average Bonchev–Trinajstić information content (AvgIpc) is 2.93.